The first-order valence-corrected chi connectivity index (χ1v) is 12.8. The molecule has 4 aliphatic carbocycles. The third kappa shape index (κ3) is 3.72. The summed E-state index contributed by atoms with van der Waals surface area (Å²) in [7, 11) is 0. The van der Waals surface area contributed by atoms with Crippen molar-refractivity contribution in [3.8, 4) is 0 Å². The molecule has 188 valence electrons. The zero-order valence-corrected chi connectivity index (χ0v) is 21.4. The van der Waals surface area contributed by atoms with E-state index in [0.717, 1.165) is 17.6 Å². The van der Waals surface area contributed by atoms with E-state index in [-0.39, 0.29) is 47.6 Å². The number of carbonyl (C=O) groups excluding carboxylic acids is 3. The van der Waals surface area contributed by atoms with Gasteiger partial charge in [-0.2, -0.15) is 0 Å². The number of allylic oxidation sites excluding steroid dienone is 3. The van der Waals surface area contributed by atoms with Crippen LogP contribution in [0.5, 0.6) is 0 Å². The molecule has 34 heavy (non-hydrogen) atoms. The Bertz CT molecular complexity index is 962. The zero-order chi connectivity index (χ0) is 25.2. The lowest BCUT2D eigenvalue weighted by Gasteiger charge is -2.56. The van der Waals surface area contributed by atoms with Crippen molar-refractivity contribution in [3.63, 3.8) is 0 Å². The first kappa shape index (κ1) is 25.3. The highest BCUT2D eigenvalue weighted by atomic mass is 16.6. The molecule has 0 saturated heterocycles. The Labute approximate surface area is 202 Å². The van der Waals surface area contributed by atoms with E-state index in [1.807, 2.05) is 27.7 Å². The average molecular weight is 473 g/mol. The Balaban J connectivity index is 1.74. The fraction of sp³-hybridized carbons (Fsp3) is 0.750. The normalized spacial score (nSPS) is 44.1. The predicted molar refractivity (Wildman–Crippen MR) is 128 cm³/mol. The first-order valence-electron chi connectivity index (χ1n) is 12.8. The van der Waals surface area contributed by atoms with Gasteiger partial charge in [0.1, 0.15) is 28.9 Å². The summed E-state index contributed by atoms with van der Waals surface area (Å²) in [5.41, 5.74) is -1.46. The number of fused-ring (bicyclic) bond motifs is 4. The van der Waals surface area contributed by atoms with E-state index in [2.05, 4.69) is 13.0 Å². The van der Waals surface area contributed by atoms with Crippen LogP contribution in [0.2, 0.25) is 0 Å². The van der Waals surface area contributed by atoms with Crippen molar-refractivity contribution in [3.05, 3.63) is 23.3 Å². The number of hydrogen-bond acceptors (Lipinski definition) is 6. The summed E-state index contributed by atoms with van der Waals surface area (Å²) in [4.78, 5) is 37.6. The number of aliphatic hydroxyl groups is 2. The van der Waals surface area contributed by atoms with Crippen molar-refractivity contribution >= 4 is 17.5 Å². The minimum Gasteiger partial charge on any atom is -0.456 e. The molecule has 0 radical (unpaired) electrons. The molecule has 0 amide bonds. The summed E-state index contributed by atoms with van der Waals surface area (Å²) in [6.45, 7) is 11.3. The van der Waals surface area contributed by atoms with Crippen molar-refractivity contribution in [2.24, 2.45) is 35.0 Å². The van der Waals surface area contributed by atoms with Crippen molar-refractivity contribution < 1.29 is 29.3 Å². The van der Waals surface area contributed by atoms with E-state index >= 15 is 0 Å². The highest BCUT2D eigenvalue weighted by Gasteiger charge is 2.73. The second-order valence-electron chi connectivity index (χ2n) is 12.1. The fourth-order valence-electron chi connectivity index (χ4n) is 7.37. The molecule has 0 bridgehead atoms. The summed E-state index contributed by atoms with van der Waals surface area (Å²) in [6, 6.07) is 0. The minimum absolute atomic E-state index is 0.0668. The molecule has 8 atom stereocenters. The van der Waals surface area contributed by atoms with Gasteiger partial charge >= 0.3 is 5.97 Å². The quantitative estimate of drug-likeness (QED) is 0.365. The molecule has 0 aliphatic heterocycles. The van der Waals surface area contributed by atoms with Gasteiger partial charge in [0.2, 0.25) is 0 Å². The van der Waals surface area contributed by atoms with Gasteiger partial charge in [-0.05, 0) is 68.6 Å². The van der Waals surface area contributed by atoms with Crippen LogP contribution in [0.1, 0.15) is 80.1 Å². The van der Waals surface area contributed by atoms with E-state index in [1.54, 1.807) is 0 Å². The topological polar surface area (TPSA) is 101 Å². The van der Waals surface area contributed by atoms with Gasteiger partial charge in [-0.1, -0.05) is 44.9 Å². The van der Waals surface area contributed by atoms with Gasteiger partial charge in [0.25, 0.3) is 0 Å². The number of Topliss-reactive ketones (excluding diaryl/α,β-unsaturated/α-hetero) is 2. The van der Waals surface area contributed by atoms with Crippen LogP contribution in [0.4, 0.5) is 0 Å². The largest absolute Gasteiger partial charge is 0.456 e. The van der Waals surface area contributed by atoms with Gasteiger partial charge < -0.3 is 14.9 Å². The standard InChI is InChI=1S/C28H40O6/c1-15(2)16(3)9-25(31)34-24-12-22(18(5)29)17(4)28(33)23-14-26(6)8-7-21(30)11-20(26)10-19(23)13-27(24,28)32/h9-10,15,17,19,22-24,32-33H,7-8,11-14H2,1-6H3. The number of hydrogen-bond donors (Lipinski definition) is 2. The Kier molecular flexibility index (Phi) is 6.26. The molecule has 8 unspecified atom stereocenters. The minimum atomic E-state index is -1.66. The van der Waals surface area contributed by atoms with Crippen molar-refractivity contribution in [2.45, 2.75) is 97.4 Å². The summed E-state index contributed by atoms with van der Waals surface area (Å²) in [5, 5.41) is 24.5. The lowest BCUT2D eigenvalue weighted by Crippen LogP contribution is -2.69. The molecule has 0 aromatic heterocycles. The van der Waals surface area contributed by atoms with Crippen LogP contribution in [0.3, 0.4) is 0 Å². The monoisotopic (exact) mass is 472 g/mol. The first-order chi connectivity index (χ1) is 15.7. The SMILES string of the molecule is CC(=O)C1CC(OC(=O)C=C(C)C(C)C)C2(O)CC3C=C4CC(=O)CCC4(C)CC3C2(O)C1C. The summed E-state index contributed by atoms with van der Waals surface area (Å²) < 4.78 is 5.84. The van der Waals surface area contributed by atoms with Crippen LogP contribution >= 0.6 is 0 Å². The summed E-state index contributed by atoms with van der Waals surface area (Å²) in [5.74, 6) is -1.60. The van der Waals surface area contributed by atoms with Crippen LogP contribution in [-0.4, -0.2) is 45.1 Å². The van der Waals surface area contributed by atoms with E-state index in [1.165, 1.54) is 13.0 Å². The number of carbonyl (C=O) groups is 3. The number of ketones is 2. The second kappa shape index (κ2) is 8.41. The molecule has 4 rings (SSSR count). The zero-order valence-electron chi connectivity index (χ0n) is 21.4. The van der Waals surface area contributed by atoms with E-state index in [9.17, 15) is 24.6 Å². The van der Waals surface area contributed by atoms with Gasteiger partial charge in [0, 0.05) is 24.8 Å². The van der Waals surface area contributed by atoms with E-state index in [0.29, 0.717) is 19.3 Å². The molecular weight excluding hydrogens is 432 g/mol. The predicted octanol–water partition coefficient (Wildman–Crippen LogP) is 3.93. The average Bonchev–Trinajstić information content (AvgIpc) is 2.96. The lowest BCUT2D eigenvalue weighted by molar-refractivity contribution is -0.259. The van der Waals surface area contributed by atoms with Crippen LogP contribution in [0.25, 0.3) is 0 Å². The van der Waals surface area contributed by atoms with Crippen LogP contribution in [0, 0.1) is 35.0 Å². The van der Waals surface area contributed by atoms with Crippen LogP contribution in [-0.2, 0) is 19.1 Å². The lowest BCUT2D eigenvalue weighted by atomic mass is 9.54. The van der Waals surface area contributed by atoms with E-state index in [4.69, 9.17) is 4.74 Å². The Morgan fingerprint density at radius 3 is 2.50 bits per heavy atom. The molecule has 0 aromatic carbocycles. The molecule has 4 aliphatic rings. The molecule has 3 saturated carbocycles. The Hall–Kier alpha value is -1.79. The molecule has 6 nitrogen and oxygen atoms in total. The smallest absolute Gasteiger partial charge is 0.331 e. The van der Waals surface area contributed by atoms with Crippen molar-refractivity contribution in [1.82, 2.24) is 0 Å². The van der Waals surface area contributed by atoms with Crippen LogP contribution < -0.4 is 0 Å². The molecule has 2 N–H and O–H groups in total. The number of ether oxygens (including phenoxy) is 1. The highest BCUT2D eigenvalue weighted by Crippen LogP contribution is 2.65. The maximum Gasteiger partial charge on any atom is 0.331 e. The Morgan fingerprint density at radius 2 is 1.88 bits per heavy atom. The summed E-state index contributed by atoms with van der Waals surface area (Å²) in [6.07, 6.45) is 5.36. The third-order valence-electron chi connectivity index (χ3n) is 9.86. The van der Waals surface area contributed by atoms with Crippen molar-refractivity contribution in [2.75, 3.05) is 0 Å². The molecule has 6 heteroatoms. The Morgan fingerprint density at radius 1 is 1.21 bits per heavy atom. The maximum atomic E-state index is 12.8. The number of rotatable bonds is 4. The van der Waals surface area contributed by atoms with Crippen LogP contribution in [0.15, 0.2) is 23.3 Å². The number of esters is 1. The van der Waals surface area contributed by atoms with Gasteiger partial charge in [0.05, 0.1) is 0 Å². The molecule has 0 spiro atoms. The molecule has 0 aromatic rings. The molecular formula is C28H40O6. The molecule has 3 fully saturated rings. The fourth-order valence-corrected chi connectivity index (χ4v) is 7.37. The van der Waals surface area contributed by atoms with Gasteiger partial charge in [-0.25, -0.2) is 4.79 Å². The van der Waals surface area contributed by atoms with Gasteiger partial charge in [-0.3, -0.25) is 9.59 Å². The highest BCUT2D eigenvalue weighted by molar-refractivity contribution is 5.84. The van der Waals surface area contributed by atoms with Crippen molar-refractivity contribution in [1.29, 1.82) is 0 Å². The maximum absolute atomic E-state index is 12.8. The van der Waals surface area contributed by atoms with E-state index < -0.39 is 35.1 Å². The summed E-state index contributed by atoms with van der Waals surface area (Å²) >= 11 is 0. The molecule has 0 heterocycles. The third-order valence-corrected chi connectivity index (χ3v) is 9.86. The second-order valence-corrected chi connectivity index (χ2v) is 12.1. The van der Waals surface area contributed by atoms with Gasteiger partial charge in [-0.15, -0.1) is 0 Å². The van der Waals surface area contributed by atoms with Gasteiger partial charge in [0.15, 0.2) is 0 Å².